The van der Waals surface area contributed by atoms with Gasteiger partial charge >= 0.3 is 0 Å². The summed E-state index contributed by atoms with van der Waals surface area (Å²) in [6, 6.07) is 8.20. The summed E-state index contributed by atoms with van der Waals surface area (Å²) in [6.07, 6.45) is 4.14. The van der Waals surface area contributed by atoms with Crippen LogP contribution in [-0.2, 0) is 4.79 Å². The van der Waals surface area contributed by atoms with Crippen LogP contribution in [0.3, 0.4) is 0 Å². The van der Waals surface area contributed by atoms with E-state index < -0.39 is 0 Å². The van der Waals surface area contributed by atoms with Crippen LogP contribution in [0.1, 0.15) is 39.5 Å². The third-order valence-corrected chi connectivity index (χ3v) is 3.67. The molecule has 104 valence electrons. The van der Waals surface area contributed by atoms with Crippen LogP contribution in [0, 0.1) is 5.92 Å². The molecule has 1 atom stereocenters. The van der Waals surface area contributed by atoms with Crippen LogP contribution in [0.25, 0.3) is 0 Å². The maximum absolute atomic E-state index is 11.7. The summed E-state index contributed by atoms with van der Waals surface area (Å²) >= 11 is 0. The van der Waals surface area contributed by atoms with Crippen molar-refractivity contribution < 1.29 is 4.79 Å². The Morgan fingerprint density at radius 2 is 2.26 bits per heavy atom. The largest absolute Gasteiger partial charge is 0.385 e. The molecule has 0 saturated carbocycles. The van der Waals surface area contributed by atoms with E-state index in [2.05, 4.69) is 31.3 Å². The molecule has 1 amide bonds. The lowest BCUT2D eigenvalue weighted by molar-refractivity contribution is -0.117. The Kier molecular flexibility index (Phi) is 4.83. The van der Waals surface area contributed by atoms with Crippen molar-refractivity contribution >= 4 is 17.3 Å². The molecule has 3 heteroatoms. The fraction of sp³-hybridized carbons (Fsp3) is 0.562. The van der Waals surface area contributed by atoms with Gasteiger partial charge in [-0.3, -0.25) is 4.79 Å². The van der Waals surface area contributed by atoms with Crippen molar-refractivity contribution in [1.82, 2.24) is 0 Å². The summed E-state index contributed by atoms with van der Waals surface area (Å²) in [5, 5.41) is 3.47. The molecule has 1 aromatic carbocycles. The maximum Gasteiger partial charge on any atom is 0.227 e. The SMILES string of the molecule is CCCC(C)CNc1cccc(N2CCCC2=O)c1. The van der Waals surface area contributed by atoms with Crippen LogP contribution >= 0.6 is 0 Å². The Morgan fingerprint density at radius 3 is 2.95 bits per heavy atom. The summed E-state index contributed by atoms with van der Waals surface area (Å²) in [5.41, 5.74) is 2.13. The lowest BCUT2D eigenvalue weighted by atomic mass is 10.1. The van der Waals surface area contributed by atoms with E-state index in [-0.39, 0.29) is 5.91 Å². The van der Waals surface area contributed by atoms with Gasteiger partial charge in [-0.25, -0.2) is 0 Å². The molecule has 19 heavy (non-hydrogen) atoms. The highest BCUT2D eigenvalue weighted by Crippen LogP contribution is 2.24. The molecule has 0 spiro atoms. The molecule has 2 rings (SSSR count). The van der Waals surface area contributed by atoms with Crippen LogP contribution in [0.4, 0.5) is 11.4 Å². The lowest BCUT2D eigenvalue weighted by Crippen LogP contribution is -2.23. The van der Waals surface area contributed by atoms with E-state index >= 15 is 0 Å². The number of benzene rings is 1. The second kappa shape index (κ2) is 6.60. The van der Waals surface area contributed by atoms with Crippen molar-refractivity contribution in [3.05, 3.63) is 24.3 Å². The first-order valence-corrected chi connectivity index (χ1v) is 7.35. The van der Waals surface area contributed by atoms with Gasteiger partial charge in [0.1, 0.15) is 0 Å². The molecule has 1 aliphatic rings. The van der Waals surface area contributed by atoms with Gasteiger partial charge < -0.3 is 10.2 Å². The molecular weight excluding hydrogens is 236 g/mol. The quantitative estimate of drug-likeness (QED) is 0.846. The summed E-state index contributed by atoms with van der Waals surface area (Å²) in [5.74, 6) is 0.929. The normalized spacial score (nSPS) is 16.7. The molecular formula is C16H24N2O. The molecule has 1 aliphatic heterocycles. The first-order valence-electron chi connectivity index (χ1n) is 7.35. The highest BCUT2D eigenvalue weighted by Gasteiger charge is 2.21. The van der Waals surface area contributed by atoms with Crippen molar-refractivity contribution in [2.75, 3.05) is 23.3 Å². The van der Waals surface area contributed by atoms with E-state index in [1.165, 1.54) is 12.8 Å². The van der Waals surface area contributed by atoms with Gasteiger partial charge in [0.25, 0.3) is 0 Å². The second-order valence-electron chi connectivity index (χ2n) is 5.47. The van der Waals surface area contributed by atoms with E-state index in [9.17, 15) is 4.79 Å². The Hall–Kier alpha value is -1.51. The zero-order chi connectivity index (χ0) is 13.7. The summed E-state index contributed by atoms with van der Waals surface area (Å²) in [7, 11) is 0. The Bertz CT molecular complexity index is 431. The highest BCUT2D eigenvalue weighted by atomic mass is 16.2. The van der Waals surface area contributed by atoms with E-state index in [4.69, 9.17) is 0 Å². The van der Waals surface area contributed by atoms with E-state index in [1.807, 2.05) is 17.0 Å². The number of nitrogens with zero attached hydrogens (tertiary/aromatic N) is 1. The van der Waals surface area contributed by atoms with Gasteiger partial charge in [0.2, 0.25) is 5.91 Å². The fourth-order valence-corrected chi connectivity index (χ4v) is 2.59. The minimum absolute atomic E-state index is 0.247. The molecule has 0 radical (unpaired) electrons. The van der Waals surface area contributed by atoms with E-state index in [0.29, 0.717) is 12.3 Å². The summed E-state index contributed by atoms with van der Waals surface area (Å²) in [6.45, 7) is 6.33. The minimum Gasteiger partial charge on any atom is -0.385 e. The number of anilines is 2. The Balaban J connectivity index is 1.97. The molecule has 1 fully saturated rings. The fourth-order valence-electron chi connectivity index (χ4n) is 2.59. The summed E-state index contributed by atoms with van der Waals surface area (Å²) < 4.78 is 0. The van der Waals surface area contributed by atoms with Gasteiger partial charge in [-0.2, -0.15) is 0 Å². The van der Waals surface area contributed by atoms with Crippen molar-refractivity contribution in [3.63, 3.8) is 0 Å². The van der Waals surface area contributed by atoms with Crippen LogP contribution in [0.2, 0.25) is 0 Å². The van der Waals surface area contributed by atoms with Gasteiger partial charge in [-0.05, 0) is 37.0 Å². The van der Waals surface area contributed by atoms with Gasteiger partial charge in [0, 0.05) is 30.9 Å². The first kappa shape index (κ1) is 13.9. The number of rotatable bonds is 6. The molecule has 3 nitrogen and oxygen atoms in total. The van der Waals surface area contributed by atoms with E-state index in [0.717, 1.165) is 30.9 Å². The van der Waals surface area contributed by atoms with Crippen molar-refractivity contribution in [3.8, 4) is 0 Å². The molecule has 1 unspecified atom stereocenters. The standard InChI is InChI=1S/C16H24N2O/c1-3-6-13(2)12-17-14-7-4-8-15(11-14)18-10-5-9-16(18)19/h4,7-8,11,13,17H,3,5-6,9-10,12H2,1-2H3. The molecule has 0 aromatic heterocycles. The predicted octanol–water partition coefficient (Wildman–Crippen LogP) is 3.66. The number of amides is 1. The smallest absolute Gasteiger partial charge is 0.227 e. The van der Waals surface area contributed by atoms with Crippen LogP contribution < -0.4 is 10.2 Å². The molecule has 1 saturated heterocycles. The van der Waals surface area contributed by atoms with Crippen molar-refractivity contribution in [2.24, 2.45) is 5.92 Å². The second-order valence-corrected chi connectivity index (χ2v) is 5.47. The first-order chi connectivity index (χ1) is 9.20. The van der Waals surface area contributed by atoms with Crippen molar-refractivity contribution in [1.29, 1.82) is 0 Å². The molecule has 0 bridgehead atoms. The van der Waals surface area contributed by atoms with Crippen LogP contribution in [-0.4, -0.2) is 19.0 Å². The Morgan fingerprint density at radius 1 is 1.42 bits per heavy atom. The number of carbonyl (C=O) groups is 1. The average Bonchev–Trinajstić information content (AvgIpc) is 2.83. The topological polar surface area (TPSA) is 32.3 Å². The molecule has 1 aromatic rings. The Labute approximate surface area is 116 Å². The van der Waals surface area contributed by atoms with Gasteiger partial charge in [0.05, 0.1) is 0 Å². The molecule has 0 aliphatic carbocycles. The van der Waals surface area contributed by atoms with Gasteiger partial charge in [0.15, 0.2) is 0 Å². The molecule has 1 heterocycles. The van der Waals surface area contributed by atoms with Crippen LogP contribution in [0.15, 0.2) is 24.3 Å². The van der Waals surface area contributed by atoms with Gasteiger partial charge in [-0.15, -0.1) is 0 Å². The van der Waals surface area contributed by atoms with Crippen molar-refractivity contribution in [2.45, 2.75) is 39.5 Å². The number of hydrogen-bond acceptors (Lipinski definition) is 2. The monoisotopic (exact) mass is 260 g/mol. The summed E-state index contributed by atoms with van der Waals surface area (Å²) in [4.78, 5) is 13.6. The van der Waals surface area contributed by atoms with E-state index in [1.54, 1.807) is 0 Å². The minimum atomic E-state index is 0.247. The third-order valence-electron chi connectivity index (χ3n) is 3.67. The van der Waals surface area contributed by atoms with Gasteiger partial charge in [-0.1, -0.05) is 26.3 Å². The average molecular weight is 260 g/mol. The number of nitrogens with one attached hydrogen (secondary N) is 1. The zero-order valence-corrected chi connectivity index (χ0v) is 12.0. The maximum atomic E-state index is 11.7. The number of carbonyl (C=O) groups excluding carboxylic acids is 1. The predicted molar refractivity (Wildman–Crippen MR) is 80.6 cm³/mol. The highest BCUT2D eigenvalue weighted by molar-refractivity contribution is 5.95. The van der Waals surface area contributed by atoms with Crippen LogP contribution in [0.5, 0.6) is 0 Å². The number of hydrogen-bond donors (Lipinski definition) is 1. The lowest BCUT2D eigenvalue weighted by Gasteiger charge is -2.18. The third kappa shape index (κ3) is 3.72. The molecule has 1 N–H and O–H groups in total. The zero-order valence-electron chi connectivity index (χ0n) is 12.0.